The number of aryl methyl sites for hydroxylation is 2. The quantitative estimate of drug-likeness (QED) is 0.775. The lowest BCUT2D eigenvalue weighted by Gasteiger charge is -2.05. The summed E-state index contributed by atoms with van der Waals surface area (Å²) in [6.07, 6.45) is 3.44. The molecule has 0 aliphatic carbocycles. The van der Waals surface area contributed by atoms with Crippen LogP contribution in [0.5, 0.6) is 5.75 Å². The average molecular weight is 339 g/mol. The van der Waals surface area contributed by atoms with Gasteiger partial charge in [-0.3, -0.25) is 14.2 Å². The van der Waals surface area contributed by atoms with Crippen LogP contribution < -0.4 is 10.1 Å². The van der Waals surface area contributed by atoms with E-state index in [1.165, 1.54) is 0 Å². The van der Waals surface area contributed by atoms with E-state index in [2.05, 4.69) is 15.5 Å². The minimum absolute atomic E-state index is 0.177. The zero-order valence-corrected chi connectivity index (χ0v) is 14.8. The molecule has 0 unspecified atom stereocenters. The van der Waals surface area contributed by atoms with Crippen LogP contribution in [-0.4, -0.2) is 32.6 Å². The highest BCUT2D eigenvalue weighted by Gasteiger charge is 2.17. The Balaban J connectivity index is 1.72. The molecule has 3 aromatic rings. The van der Waals surface area contributed by atoms with E-state index in [4.69, 9.17) is 4.74 Å². The summed E-state index contributed by atoms with van der Waals surface area (Å²) >= 11 is 0. The highest BCUT2D eigenvalue weighted by molar-refractivity contribution is 6.05. The van der Waals surface area contributed by atoms with E-state index < -0.39 is 0 Å². The minimum Gasteiger partial charge on any atom is -0.497 e. The Hall–Kier alpha value is -3.09. The highest BCUT2D eigenvalue weighted by Crippen LogP contribution is 2.17. The molecule has 1 N–H and O–H groups in total. The van der Waals surface area contributed by atoms with E-state index in [0.29, 0.717) is 23.5 Å². The molecule has 7 nitrogen and oxygen atoms in total. The molecule has 0 saturated carbocycles. The molecular weight excluding hydrogens is 318 g/mol. The predicted molar refractivity (Wildman–Crippen MR) is 95.0 cm³/mol. The summed E-state index contributed by atoms with van der Waals surface area (Å²) in [6.45, 7) is 4.30. The van der Waals surface area contributed by atoms with Gasteiger partial charge in [0.25, 0.3) is 5.91 Å². The molecule has 7 heteroatoms. The smallest absolute Gasteiger partial charge is 0.259 e. The van der Waals surface area contributed by atoms with E-state index in [-0.39, 0.29) is 5.91 Å². The van der Waals surface area contributed by atoms with Crippen molar-refractivity contribution in [3.8, 4) is 5.75 Å². The van der Waals surface area contributed by atoms with Gasteiger partial charge in [0.2, 0.25) is 0 Å². The van der Waals surface area contributed by atoms with Gasteiger partial charge in [-0.1, -0.05) is 12.1 Å². The molecule has 2 heterocycles. The number of nitrogens with one attached hydrogen (secondary N) is 1. The second-order valence-electron chi connectivity index (χ2n) is 5.90. The number of carbonyl (C=O) groups excluding carboxylic acids is 1. The topological polar surface area (TPSA) is 74.0 Å². The Bertz CT molecular complexity index is 910. The van der Waals surface area contributed by atoms with Crippen molar-refractivity contribution in [2.24, 2.45) is 7.05 Å². The number of rotatable bonds is 5. The number of hydrogen-bond acceptors (Lipinski definition) is 4. The van der Waals surface area contributed by atoms with Crippen molar-refractivity contribution in [1.29, 1.82) is 0 Å². The first kappa shape index (κ1) is 16.8. The van der Waals surface area contributed by atoms with Gasteiger partial charge in [-0.2, -0.15) is 10.2 Å². The van der Waals surface area contributed by atoms with E-state index in [0.717, 1.165) is 17.0 Å². The van der Waals surface area contributed by atoms with Gasteiger partial charge in [-0.15, -0.1) is 0 Å². The molecule has 0 spiro atoms. The van der Waals surface area contributed by atoms with Crippen molar-refractivity contribution in [2.75, 3.05) is 12.4 Å². The van der Waals surface area contributed by atoms with E-state index in [1.54, 1.807) is 28.9 Å². The van der Waals surface area contributed by atoms with Crippen LogP contribution in [0.25, 0.3) is 0 Å². The van der Waals surface area contributed by atoms with Crippen LogP contribution in [-0.2, 0) is 13.6 Å². The molecule has 1 amide bonds. The standard InChI is InChI=1S/C18H21N5O2/c1-12-17(13(2)22(3)21-12)18(24)20-15-9-19-23(11-15)10-14-6-5-7-16(8-14)25-4/h5-9,11H,10H2,1-4H3,(H,20,24). The van der Waals surface area contributed by atoms with Crippen LogP contribution in [0, 0.1) is 13.8 Å². The minimum atomic E-state index is -0.177. The number of aromatic nitrogens is 4. The number of methoxy groups -OCH3 is 1. The first-order valence-corrected chi connectivity index (χ1v) is 7.95. The lowest BCUT2D eigenvalue weighted by atomic mass is 10.2. The van der Waals surface area contributed by atoms with Crippen molar-refractivity contribution < 1.29 is 9.53 Å². The fourth-order valence-electron chi connectivity index (χ4n) is 2.77. The number of nitrogens with zero attached hydrogens (tertiary/aromatic N) is 4. The average Bonchev–Trinajstić information content (AvgIpc) is 3.11. The molecule has 0 radical (unpaired) electrons. The summed E-state index contributed by atoms with van der Waals surface area (Å²) in [5.41, 5.74) is 3.86. The maximum Gasteiger partial charge on any atom is 0.259 e. The van der Waals surface area contributed by atoms with Gasteiger partial charge < -0.3 is 10.1 Å². The number of benzene rings is 1. The summed E-state index contributed by atoms with van der Waals surface area (Å²) in [5.74, 6) is 0.629. The molecule has 3 rings (SSSR count). The zero-order valence-electron chi connectivity index (χ0n) is 14.8. The Labute approximate surface area is 146 Å². The number of anilines is 1. The van der Waals surface area contributed by atoms with Crippen LogP contribution in [0.4, 0.5) is 5.69 Å². The van der Waals surface area contributed by atoms with Gasteiger partial charge >= 0.3 is 0 Å². The maximum absolute atomic E-state index is 12.5. The van der Waals surface area contributed by atoms with Crippen molar-refractivity contribution in [1.82, 2.24) is 19.6 Å². The second-order valence-corrected chi connectivity index (χ2v) is 5.90. The molecule has 0 atom stereocenters. The van der Waals surface area contributed by atoms with E-state index in [9.17, 15) is 4.79 Å². The summed E-state index contributed by atoms with van der Waals surface area (Å²) in [6, 6.07) is 7.80. The molecule has 2 aromatic heterocycles. The molecule has 0 fully saturated rings. The van der Waals surface area contributed by atoms with E-state index >= 15 is 0 Å². The maximum atomic E-state index is 12.5. The van der Waals surface area contributed by atoms with Crippen LogP contribution in [0.15, 0.2) is 36.7 Å². The first-order chi connectivity index (χ1) is 12.0. The fraction of sp³-hybridized carbons (Fsp3) is 0.278. The SMILES string of the molecule is COc1cccc(Cn2cc(NC(=O)c3c(C)nn(C)c3C)cn2)c1. The molecule has 0 bridgehead atoms. The third kappa shape index (κ3) is 3.55. The summed E-state index contributed by atoms with van der Waals surface area (Å²) < 4.78 is 8.71. The molecule has 25 heavy (non-hydrogen) atoms. The highest BCUT2D eigenvalue weighted by atomic mass is 16.5. The predicted octanol–water partition coefficient (Wildman–Crippen LogP) is 2.54. The largest absolute Gasteiger partial charge is 0.497 e. The van der Waals surface area contributed by atoms with Crippen LogP contribution in [0.2, 0.25) is 0 Å². The Kier molecular flexibility index (Phi) is 4.56. The van der Waals surface area contributed by atoms with Crippen molar-refractivity contribution in [3.63, 3.8) is 0 Å². The molecule has 1 aromatic carbocycles. The fourth-order valence-corrected chi connectivity index (χ4v) is 2.77. The van der Waals surface area contributed by atoms with Crippen molar-refractivity contribution in [2.45, 2.75) is 20.4 Å². The molecule has 0 aliphatic rings. The Morgan fingerprint density at radius 3 is 2.80 bits per heavy atom. The van der Waals surface area contributed by atoms with Gasteiger partial charge in [0.15, 0.2) is 0 Å². The van der Waals surface area contributed by atoms with Crippen LogP contribution in [0.1, 0.15) is 27.3 Å². The number of hydrogen-bond donors (Lipinski definition) is 1. The molecule has 0 saturated heterocycles. The summed E-state index contributed by atoms with van der Waals surface area (Å²) in [5, 5.41) is 11.5. The lowest BCUT2D eigenvalue weighted by molar-refractivity contribution is 0.102. The Morgan fingerprint density at radius 2 is 2.12 bits per heavy atom. The van der Waals surface area contributed by atoms with Gasteiger partial charge in [-0.05, 0) is 31.5 Å². The van der Waals surface area contributed by atoms with E-state index in [1.807, 2.05) is 45.2 Å². The van der Waals surface area contributed by atoms with Crippen LogP contribution >= 0.6 is 0 Å². The summed E-state index contributed by atoms with van der Waals surface area (Å²) in [7, 11) is 3.47. The van der Waals surface area contributed by atoms with Crippen molar-refractivity contribution >= 4 is 11.6 Å². The van der Waals surface area contributed by atoms with Crippen molar-refractivity contribution in [3.05, 3.63) is 59.2 Å². The third-order valence-corrected chi connectivity index (χ3v) is 4.11. The normalized spacial score (nSPS) is 10.7. The second kappa shape index (κ2) is 6.80. The van der Waals surface area contributed by atoms with Gasteiger partial charge in [0.1, 0.15) is 5.75 Å². The Morgan fingerprint density at radius 1 is 1.32 bits per heavy atom. The summed E-state index contributed by atoms with van der Waals surface area (Å²) in [4.78, 5) is 12.5. The number of carbonyl (C=O) groups is 1. The molecule has 130 valence electrons. The van der Waals surface area contributed by atoms with Gasteiger partial charge in [-0.25, -0.2) is 0 Å². The monoisotopic (exact) mass is 339 g/mol. The first-order valence-electron chi connectivity index (χ1n) is 7.95. The van der Waals surface area contributed by atoms with Crippen LogP contribution in [0.3, 0.4) is 0 Å². The third-order valence-electron chi connectivity index (χ3n) is 4.11. The number of amides is 1. The zero-order chi connectivity index (χ0) is 18.0. The molecular formula is C18H21N5O2. The molecule has 0 aliphatic heterocycles. The lowest BCUT2D eigenvalue weighted by Crippen LogP contribution is -2.13. The number of ether oxygens (including phenoxy) is 1. The van der Waals surface area contributed by atoms with Gasteiger partial charge in [0, 0.05) is 18.9 Å². The van der Waals surface area contributed by atoms with Gasteiger partial charge in [0.05, 0.1) is 36.8 Å².